The Morgan fingerprint density at radius 3 is 2.64 bits per heavy atom. The Morgan fingerprint density at radius 2 is 2.05 bits per heavy atom. The van der Waals surface area contributed by atoms with Crippen LogP contribution < -0.4 is 5.73 Å². The Hall–Kier alpha value is -0.950. The van der Waals surface area contributed by atoms with Gasteiger partial charge in [0.1, 0.15) is 0 Å². The molecule has 0 radical (unpaired) electrons. The summed E-state index contributed by atoms with van der Waals surface area (Å²) in [5.74, 6) is 0.249. The molecular weight excluding hydrogens is 298 g/mol. The zero-order valence-electron chi connectivity index (χ0n) is 13.5. The van der Waals surface area contributed by atoms with Crippen molar-refractivity contribution in [2.24, 2.45) is 11.7 Å². The molecule has 2 rings (SSSR count). The molecule has 2 unspecified atom stereocenters. The molecule has 5 nitrogen and oxygen atoms in total. The van der Waals surface area contributed by atoms with Crippen LogP contribution in [0.5, 0.6) is 0 Å². The SMILES string of the molecule is CCN(Cc1ccccc1)S(=O)(=O)N1CCCC(C(C)N)C1. The van der Waals surface area contributed by atoms with Crippen molar-refractivity contribution in [3.05, 3.63) is 35.9 Å². The summed E-state index contributed by atoms with van der Waals surface area (Å²) >= 11 is 0. The molecule has 1 saturated heterocycles. The van der Waals surface area contributed by atoms with Gasteiger partial charge in [-0.05, 0) is 31.2 Å². The second-order valence-corrected chi connectivity index (χ2v) is 7.97. The van der Waals surface area contributed by atoms with Gasteiger partial charge < -0.3 is 5.73 Å². The van der Waals surface area contributed by atoms with E-state index in [2.05, 4.69) is 0 Å². The molecule has 0 amide bonds. The van der Waals surface area contributed by atoms with Crippen LogP contribution in [0.25, 0.3) is 0 Å². The fourth-order valence-corrected chi connectivity index (χ4v) is 4.62. The lowest BCUT2D eigenvalue weighted by Gasteiger charge is -2.36. The Labute approximate surface area is 134 Å². The van der Waals surface area contributed by atoms with Gasteiger partial charge in [0, 0.05) is 32.2 Å². The first-order valence-corrected chi connectivity index (χ1v) is 9.39. The molecule has 0 bridgehead atoms. The minimum Gasteiger partial charge on any atom is -0.328 e. The molecule has 0 saturated carbocycles. The summed E-state index contributed by atoms with van der Waals surface area (Å²) in [6.07, 6.45) is 1.89. The zero-order valence-corrected chi connectivity index (χ0v) is 14.3. The van der Waals surface area contributed by atoms with E-state index in [4.69, 9.17) is 5.73 Å². The van der Waals surface area contributed by atoms with Crippen molar-refractivity contribution in [1.29, 1.82) is 0 Å². The predicted octanol–water partition coefficient (Wildman–Crippen LogP) is 1.81. The Kier molecular flexibility index (Phi) is 5.97. The van der Waals surface area contributed by atoms with Gasteiger partial charge in [-0.15, -0.1) is 0 Å². The van der Waals surface area contributed by atoms with Crippen LogP contribution >= 0.6 is 0 Å². The highest BCUT2D eigenvalue weighted by atomic mass is 32.2. The standard InChI is InChI=1S/C16H27N3O2S/c1-3-18(12-15-8-5-4-6-9-15)22(20,21)19-11-7-10-16(13-19)14(2)17/h4-6,8-9,14,16H,3,7,10-13,17H2,1-2H3. The van der Waals surface area contributed by atoms with Gasteiger partial charge in [0.05, 0.1) is 0 Å². The van der Waals surface area contributed by atoms with Crippen molar-refractivity contribution < 1.29 is 8.42 Å². The number of nitrogens with zero attached hydrogens (tertiary/aromatic N) is 2. The molecule has 22 heavy (non-hydrogen) atoms. The van der Waals surface area contributed by atoms with Gasteiger partial charge in [-0.3, -0.25) is 0 Å². The molecule has 0 spiro atoms. The summed E-state index contributed by atoms with van der Waals surface area (Å²) in [7, 11) is -3.43. The van der Waals surface area contributed by atoms with Gasteiger partial charge >= 0.3 is 0 Å². The van der Waals surface area contributed by atoms with Gasteiger partial charge in [0.15, 0.2) is 0 Å². The number of hydrogen-bond acceptors (Lipinski definition) is 3. The fourth-order valence-electron chi connectivity index (χ4n) is 2.92. The smallest absolute Gasteiger partial charge is 0.282 e. The second-order valence-electron chi connectivity index (χ2n) is 6.04. The quantitative estimate of drug-likeness (QED) is 0.867. The molecule has 2 N–H and O–H groups in total. The summed E-state index contributed by atoms with van der Waals surface area (Å²) in [6, 6.07) is 9.75. The lowest BCUT2D eigenvalue weighted by Crippen LogP contribution is -2.50. The molecule has 2 atom stereocenters. The van der Waals surface area contributed by atoms with Crippen molar-refractivity contribution in [2.75, 3.05) is 19.6 Å². The van der Waals surface area contributed by atoms with E-state index in [0.29, 0.717) is 26.2 Å². The molecule has 1 heterocycles. The topological polar surface area (TPSA) is 66.6 Å². The number of piperidine rings is 1. The van der Waals surface area contributed by atoms with E-state index in [0.717, 1.165) is 18.4 Å². The van der Waals surface area contributed by atoms with Crippen LogP contribution in [0.15, 0.2) is 30.3 Å². The van der Waals surface area contributed by atoms with Crippen molar-refractivity contribution in [3.8, 4) is 0 Å². The number of hydrogen-bond donors (Lipinski definition) is 1. The van der Waals surface area contributed by atoms with Crippen LogP contribution in [-0.2, 0) is 16.8 Å². The Morgan fingerprint density at radius 1 is 1.36 bits per heavy atom. The molecule has 1 aliphatic rings. The largest absolute Gasteiger partial charge is 0.328 e. The molecule has 0 aliphatic carbocycles. The fraction of sp³-hybridized carbons (Fsp3) is 0.625. The molecule has 1 aromatic rings. The maximum absolute atomic E-state index is 12.9. The van der Waals surface area contributed by atoms with Gasteiger partial charge in [-0.1, -0.05) is 37.3 Å². The number of rotatable bonds is 6. The first kappa shape index (κ1) is 17.4. The summed E-state index contributed by atoms with van der Waals surface area (Å²) in [5, 5.41) is 0. The third kappa shape index (κ3) is 4.07. The molecule has 1 fully saturated rings. The molecule has 6 heteroatoms. The molecule has 0 aromatic heterocycles. The minimum atomic E-state index is -3.43. The normalized spacial score (nSPS) is 21.9. The van der Waals surface area contributed by atoms with Crippen LogP contribution in [0.1, 0.15) is 32.3 Å². The van der Waals surface area contributed by atoms with E-state index in [1.54, 1.807) is 8.61 Å². The van der Waals surface area contributed by atoms with Crippen molar-refractivity contribution >= 4 is 10.2 Å². The van der Waals surface area contributed by atoms with Crippen LogP contribution in [0.4, 0.5) is 0 Å². The summed E-state index contributed by atoms with van der Waals surface area (Å²) < 4.78 is 29.0. The van der Waals surface area contributed by atoms with Crippen LogP contribution in [0.3, 0.4) is 0 Å². The lowest BCUT2D eigenvalue weighted by atomic mass is 9.93. The van der Waals surface area contributed by atoms with Crippen LogP contribution in [-0.4, -0.2) is 42.7 Å². The van der Waals surface area contributed by atoms with E-state index in [1.807, 2.05) is 44.2 Å². The van der Waals surface area contributed by atoms with Gasteiger partial charge in [-0.25, -0.2) is 0 Å². The van der Waals surface area contributed by atoms with Gasteiger partial charge in [-0.2, -0.15) is 17.0 Å². The maximum Gasteiger partial charge on any atom is 0.282 e. The summed E-state index contributed by atoms with van der Waals surface area (Å²) in [6.45, 7) is 5.85. The molecule has 1 aliphatic heterocycles. The number of nitrogens with two attached hydrogens (primary N) is 1. The minimum absolute atomic E-state index is 0.0298. The van der Waals surface area contributed by atoms with E-state index < -0.39 is 10.2 Å². The number of benzene rings is 1. The molecular formula is C16H27N3O2S. The van der Waals surface area contributed by atoms with E-state index in [9.17, 15) is 8.42 Å². The lowest BCUT2D eigenvalue weighted by molar-refractivity contribution is 0.227. The van der Waals surface area contributed by atoms with Crippen molar-refractivity contribution in [2.45, 2.75) is 39.3 Å². The summed E-state index contributed by atoms with van der Waals surface area (Å²) in [5.41, 5.74) is 6.98. The highest BCUT2D eigenvalue weighted by Crippen LogP contribution is 2.23. The highest BCUT2D eigenvalue weighted by molar-refractivity contribution is 7.86. The summed E-state index contributed by atoms with van der Waals surface area (Å²) in [4.78, 5) is 0. The zero-order chi connectivity index (χ0) is 16.2. The van der Waals surface area contributed by atoms with Crippen molar-refractivity contribution in [1.82, 2.24) is 8.61 Å². The first-order valence-electron chi connectivity index (χ1n) is 8.00. The predicted molar refractivity (Wildman–Crippen MR) is 89.4 cm³/mol. The third-order valence-corrected chi connectivity index (χ3v) is 6.40. The van der Waals surface area contributed by atoms with Gasteiger partial charge in [0.2, 0.25) is 0 Å². The average molecular weight is 325 g/mol. The monoisotopic (exact) mass is 325 g/mol. The van der Waals surface area contributed by atoms with Crippen LogP contribution in [0, 0.1) is 5.92 Å². The molecule has 1 aromatic carbocycles. The van der Waals surface area contributed by atoms with Crippen LogP contribution in [0.2, 0.25) is 0 Å². The van der Waals surface area contributed by atoms with E-state index >= 15 is 0 Å². The molecule has 124 valence electrons. The first-order chi connectivity index (χ1) is 10.4. The Bertz CT molecular complexity index is 560. The van der Waals surface area contributed by atoms with Crippen molar-refractivity contribution in [3.63, 3.8) is 0 Å². The Balaban J connectivity index is 2.12. The average Bonchev–Trinajstić information content (AvgIpc) is 2.53. The van der Waals surface area contributed by atoms with E-state index in [1.165, 1.54) is 0 Å². The van der Waals surface area contributed by atoms with E-state index in [-0.39, 0.29) is 12.0 Å². The second kappa shape index (κ2) is 7.55. The highest BCUT2D eigenvalue weighted by Gasteiger charge is 2.33. The van der Waals surface area contributed by atoms with Gasteiger partial charge in [0.25, 0.3) is 10.2 Å². The third-order valence-electron chi connectivity index (χ3n) is 4.37. The maximum atomic E-state index is 12.9.